The Morgan fingerprint density at radius 3 is 2.65 bits per heavy atom. The molecule has 0 spiro atoms. The Morgan fingerprint density at radius 2 is 2.00 bits per heavy atom. The second-order valence-corrected chi connectivity index (χ2v) is 5.50. The zero-order valence-corrected chi connectivity index (χ0v) is 12.8. The lowest BCUT2D eigenvalue weighted by Gasteiger charge is -2.11. The molecule has 2 aromatic carbocycles. The summed E-state index contributed by atoms with van der Waals surface area (Å²) in [5.41, 5.74) is 1.95. The first-order valence-corrected chi connectivity index (χ1v) is 6.95. The largest absolute Gasteiger partial charge is 0.488 e. The zero-order valence-electron chi connectivity index (χ0n) is 11.2. The average molecular weight is 337 g/mol. The molecular formula is C16H14BrFO2. The maximum atomic E-state index is 13.7. The Kier molecular flexibility index (Phi) is 4.55. The predicted molar refractivity (Wildman–Crippen MR) is 79.6 cm³/mol. The molecule has 0 heterocycles. The van der Waals surface area contributed by atoms with E-state index >= 15 is 0 Å². The van der Waals surface area contributed by atoms with Gasteiger partial charge in [0, 0.05) is 10.0 Å². The highest BCUT2D eigenvalue weighted by Gasteiger charge is 2.10. The van der Waals surface area contributed by atoms with E-state index in [0.29, 0.717) is 21.3 Å². The van der Waals surface area contributed by atoms with Gasteiger partial charge in [0.1, 0.15) is 18.2 Å². The summed E-state index contributed by atoms with van der Waals surface area (Å²) in [5.74, 6) is 0.0706. The van der Waals surface area contributed by atoms with Gasteiger partial charge < -0.3 is 4.74 Å². The second-order valence-electron chi connectivity index (χ2n) is 4.58. The van der Waals surface area contributed by atoms with Crippen LogP contribution in [0.1, 0.15) is 28.4 Å². The number of carbonyl (C=O) groups is 1. The van der Waals surface area contributed by atoms with Gasteiger partial charge in [0.2, 0.25) is 0 Å². The van der Waals surface area contributed by atoms with E-state index in [1.54, 1.807) is 24.3 Å². The van der Waals surface area contributed by atoms with Crippen LogP contribution in [-0.2, 0) is 6.61 Å². The maximum Gasteiger partial charge on any atom is 0.163 e. The van der Waals surface area contributed by atoms with Gasteiger partial charge >= 0.3 is 0 Å². The third-order valence-corrected chi connectivity index (χ3v) is 3.41. The van der Waals surface area contributed by atoms with E-state index in [4.69, 9.17) is 4.74 Å². The zero-order chi connectivity index (χ0) is 14.7. The first kappa shape index (κ1) is 14.7. The minimum absolute atomic E-state index is 0.0695. The monoisotopic (exact) mass is 336 g/mol. The highest BCUT2D eigenvalue weighted by Crippen LogP contribution is 2.23. The number of ketones is 1. The summed E-state index contributed by atoms with van der Waals surface area (Å²) in [4.78, 5) is 11.6. The number of halogens is 2. The number of aryl methyl sites for hydroxylation is 1. The summed E-state index contributed by atoms with van der Waals surface area (Å²) in [6.07, 6.45) is 0. The van der Waals surface area contributed by atoms with Crippen LogP contribution in [0.5, 0.6) is 5.75 Å². The van der Waals surface area contributed by atoms with Crippen molar-refractivity contribution in [2.24, 2.45) is 0 Å². The lowest BCUT2D eigenvalue weighted by Crippen LogP contribution is -2.03. The van der Waals surface area contributed by atoms with E-state index in [1.807, 2.05) is 13.0 Å². The lowest BCUT2D eigenvalue weighted by molar-refractivity contribution is 0.101. The van der Waals surface area contributed by atoms with E-state index in [1.165, 1.54) is 13.0 Å². The number of benzene rings is 2. The van der Waals surface area contributed by atoms with Crippen LogP contribution >= 0.6 is 15.9 Å². The number of Topliss-reactive ketones (excluding diaryl/α,β-unsaturated/α-hetero) is 1. The molecule has 0 saturated heterocycles. The van der Waals surface area contributed by atoms with Gasteiger partial charge in [-0.05, 0) is 38.1 Å². The quantitative estimate of drug-likeness (QED) is 0.758. The van der Waals surface area contributed by atoms with Crippen LogP contribution < -0.4 is 4.74 Å². The molecule has 0 aliphatic heterocycles. The topological polar surface area (TPSA) is 26.3 Å². The highest BCUT2D eigenvalue weighted by atomic mass is 79.9. The van der Waals surface area contributed by atoms with Crippen LogP contribution in [0.15, 0.2) is 40.9 Å². The smallest absolute Gasteiger partial charge is 0.163 e. The summed E-state index contributed by atoms with van der Waals surface area (Å²) in [6, 6.07) is 10.2. The van der Waals surface area contributed by atoms with Crippen LogP contribution in [0.2, 0.25) is 0 Å². The maximum absolute atomic E-state index is 13.7. The van der Waals surface area contributed by atoms with Crippen LogP contribution in [0.3, 0.4) is 0 Å². The van der Waals surface area contributed by atoms with Crippen molar-refractivity contribution in [3.05, 3.63) is 63.4 Å². The first-order valence-electron chi connectivity index (χ1n) is 6.15. The van der Waals surface area contributed by atoms with Gasteiger partial charge in [-0.15, -0.1) is 0 Å². The number of rotatable bonds is 4. The van der Waals surface area contributed by atoms with E-state index in [2.05, 4.69) is 15.9 Å². The van der Waals surface area contributed by atoms with E-state index in [9.17, 15) is 9.18 Å². The fourth-order valence-electron chi connectivity index (χ4n) is 1.84. The van der Waals surface area contributed by atoms with Gasteiger partial charge in [0.25, 0.3) is 0 Å². The summed E-state index contributed by atoms with van der Waals surface area (Å²) in [7, 11) is 0. The molecule has 2 rings (SSSR count). The standard InChI is InChI=1S/C16H14BrFO2/c1-10-3-6-16(14(7-10)11(2)19)20-9-12-4-5-13(17)8-15(12)18/h3-8H,9H2,1-2H3. The number of ether oxygens (including phenoxy) is 1. The average Bonchev–Trinajstić information content (AvgIpc) is 2.38. The molecule has 0 bridgehead atoms. The van der Waals surface area contributed by atoms with E-state index < -0.39 is 0 Å². The van der Waals surface area contributed by atoms with Crippen LogP contribution in [0.25, 0.3) is 0 Å². The SMILES string of the molecule is CC(=O)c1cc(C)ccc1OCc1ccc(Br)cc1F. The van der Waals surface area contributed by atoms with E-state index in [0.717, 1.165) is 5.56 Å². The first-order chi connectivity index (χ1) is 9.47. The molecule has 0 amide bonds. The van der Waals surface area contributed by atoms with E-state index in [-0.39, 0.29) is 18.2 Å². The molecule has 0 aromatic heterocycles. The number of hydrogen-bond acceptors (Lipinski definition) is 2. The van der Waals surface area contributed by atoms with Crippen LogP contribution in [0.4, 0.5) is 4.39 Å². The highest BCUT2D eigenvalue weighted by molar-refractivity contribution is 9.10. The molecule has 0 saturated carbocycles. The van der Waals surface area contributed by atoms with Crippen LogP contribution in [0, 0.1) is 12.7 Å². The van der Waals surface area contributed by atoms with Gasteiger partial charge in [-0.25, -0.2) is 4.39 Å². The van der Waals surface area contributed by atoms with Gasteiger partial charge in [0.15, 0.2) is 5.78 Å². The van der Waals surface area contributed by atoms with Crippen molar-refractivity contribution in [2.45, 2.75) is 20.5 Å². The fourth-order valence-corrected chi connectivity index (χ4v) is 2.17. The third-order valence-electron chi connectivity index (χ3n) is 2.91. The molecule has 104 valence electrons. The van der Waals surface area contributed by atoms with Crippen molar-refractivity contribution >= 4 is 21.7 Å². The summed E-state index contributed by atoms with van der Waals surface area (Å²) < 4.78 is 20.0. The lowest BCUT2D eigenvalue weighted by atomic mass is 10.1. The summed E-state index contributed by atoms with van der Waals surface area (Å²) in [6.45, 7) is 3.48. The van der Waals surface area contributed by atoms with Crippen molar-refractivity contribution in [1.29, 1.82) is 0 Å². The Morgan fingerprint density at radius 1 is 1.25 bits per heavy atom. The molecule has 0 N–H and O–H groups in total. The Bertz CT molecular complexity index is 653. The van der Waals surface area contributed by atoms with Crippen molar-refractivity contribution in [3.8, 4) is 5.75 Å². The van der Waals surface area contributed by atoms with Crippen molar-refractivity contribution < 1.29 is 13.9 Å². The number of hydrogen-bond donors (Lipinski definition) is 0. The predicted octanol–water partition coefficient (Wildman–Crippen LogP) is 4.68. The Labute approximate surface area is 125 Å². The molecule has 2 nitrogen and oxygen atoms in total. The van der Waals surface area contributed by atoms with Gasteiger partial charge in [0.05, 0.1) is 5.56 Å². The van der Waals surface area contributed by atoms with Gasteiger partial charge in [-0.1, -0.05) is 33.6 Å². The molecule has 4 heteroatoms. The summed E-state index contributed by atoms with van der Waals surface area (Å²) >= 11 is 3.21. The van der Waals surface area contributed by atoms with Crippen LogP contribution in [-0.4, -0.2) is 5.78 Å². The van der Waals surface area contributed by atoms with Crippen molar-refractivity contribution in [3.63, 3.8) is 0 Å². The summed E-state index contributed by atoms with van der Waals surface area (Å²) in [5, 5.41) is 0. The minimum Gasteiger partial charge on any atom is -0.488 e. The minimum atomic E-state index is -0.337. The Hall–Kier alpha value is -1.68. The van der Waals surface area contributed by atoms with Gasteiger partial charge in [-0.3, -0.25) is 4.79 Å². The Balaban J connectivity index is 2.20. The van der Waals surface area contributed by atoms with Gasteiger partial charge in [-0.2, -0.15) is 0 Å². The molecule has 0 aliphatic rings. The number of carbonyl (C=O) groups excluding carboxylic acids is 1. The van der Waals surface area contributed by atoms with Crippen molar-refractivity contribution in [2.75, 3.05) is 0 Å². The molecule has 0 unspecified atom stereocenters. The third kappa shape index (κ3) is 3.45. The molecule has 0 atom stereocenters. The molecule has 20 heavy (non-hydrogen) atoms. The molecule has 0 aliphatic carbocycles. The van der Waals surface area contributed by atoms with Crippen molar-refractivity contribution in [1.82, 2.24) is 0 Å². The molecule has 0 radical (unpaired) electrons. The molecule has 0 fully saturated rings. The normalized spacial score (nSPS) is 10.4. The molecular weight excluding hydrogens is 323 g/mol. The molecule has 2 aromatic rings. The fraction of sp³-hybridized carbons (Fsp3) is 0.188. The second kappa shape index (κ2) is 6.18.